The Bertz CT molecular complexity index is 1290. The van der Waals surface area contributed by atoms with Gasteiger partial charge in [0.15, 0.2) is 5.82 Å². The zero-order valence-corrected chi connectivity index (χ0v) is 18.1. The Morgan fingerprint density at radius 2 is 1.87 bits per heavy atom. The van der Waals surface area contributed by atoms with Gasteiger partial charge in [0.1, 0.15) is 12.1 Å². The first kappa shape index (κ1) is 20.3. The third-order valence-electron chi connectivity index (χ3n) is 5.17. The van der Waals surface area contributed by atoms with E-state index < -0.39 is 0 Å². The van der Waals surface area contributed by atoms with Gasteiger partial charge in [0.25, 0.3) is 0 Å². The number of hydrogen-bond donors (Lipinski definition) is 1. The van der Waals surface area contributed by atoms with Crippen molar-refractivity contribution in [3.63, 3.8) is 0 Å². The molecule has 156 valence electrons. The zero-order chi connectivity index (χ0) is 21.8. The third kappa shape index (κ3) is 4.05. The first-order valence-corrected chi connectivity index (χ1v) is 10.1. The molecule has 0 bridgehead atoms. The summed E-state index contributed by atoms with van der Waals surface area (Å²) >= 11 is 0. The SMILES string of the molecule is CC=CC=Cc1c(C)nnc(Nc2ccc3c(c2)ncn3-c2ccccc2OC)c1C. The fraction of sp³-hybridized carbons (Fsp3) is 0.160. The van der Waals surface area contributed by atoms with Crippen molar-refractivity contribution in [1.29, 1.82) is 0 Å². The molecule has 0 fully saturated rings. The van der Waals surface area contributed by atoms with Gasteiger partial charge in [-0.3, -0.25) is 4.57 Å². The highest BCUT2D eigenvalue weighted by Crippen LogP contribution is 2.29. The minimum atomic E-state index is 0.731. The Morgan fingerprint density at radius 3 is 2.68 bits per heavy atom. The van der Waals surface area contributed by atoms with Gasteiger partial charge in [0.2, 0.25) is 0 Å². The Balaban J connectivity index is 1.67. The molecule has 2 heterocycles. The van der Waals surface area contributed by atoms with Crippen LogP contribution in [0, 0.1) is 13.8 Å². The van der Waals surface area contributed by atoms with Gasteiger partial charge in [-0.2, -0.15) is 5.10 Å². The minimum Gasteiger partial charge on any atom is -0.495 e. The number of para-hydroxylation sites is 2. The Hall–Kier alpha value is -3.93. The molecule has 0 aliphatic heterocycles. The molecule has 0 spiro atoms. The second kappa shape index (κ2) is 8.83. The third-order valence-corrected chi connectivity index (χ3v) is 5.17. The second-order valence-electron chi connectivity index (χ2n) is 7.17. The zero-order valence-electron chi connectivity index (χ0n) is 18.1. The van der Waals surface area contributed by atoms with Crippen molar-refractivity contribution in [2.24, 2.45) is 0 Å². The first-order valence-electron chi connectivity index (χ1n) is 10.1. The van der Waals surface area contributed by atoms with Crippen LogP contribution in [-0.2, 0) is 0 Å². The second-order valence-corrected chi connectivity index (χ2v) is 7.17. The maximum Gasteiger partial charge on any atom is 0.156 e. The molecule has 0 amide bonds. The van der Waals surface area contributed by atoms with E-state index in [1.807, 2.05) is 92.4 Å². The van der Waals surface area contributed by atoms with E-state index in [1.54, 1.807) is 7.11 Å². The predicted octanol–water partition coefficient (Wildman–Crippen LogP) is 5.77. The molecule has 1 N–H and O–H groups in total. The smallest absolute Gasteiger partial charge is 0.156 e. The average molecular weight is 412 g/mol. The number of imidazole rings is 1. The van der Waals surface area contributed by atoms with Gasteiger partial charge < -0.3 is 10.1 Å². The maximum atomic E-state index is 5.50. The Morgan fingerprint density at radius 1 is 1.03 bits per heavy atom. The van der Waals surface area contributed by atoms with Crippen molar-refractivity contribution in [3.8, 4) is 11.4 Å². The minimum absolute atomic E-state index is 0.731. The van der Waals surface area contributed by atoms with Crippen LogP contribution in [0.25, 0.3) is 22.8 Å². The topological polar surface area (TPSA) is 64.9 Å². The summed E-state index contributed by atoms with van der Waals surface area (Å²) in [6, 6.07) is 14.0. The van der Waals surface area contributed by atoms with Crippen molar-refractivity contribution in [3.05, 3.63) is 83.8 Å². The number of rotatable bonds is 6. The fourth-order valence-corrected chi connectivity index (χ4v) is 3.53. The summed E-state index contributed by atoms with van der Waals surface area (Å²) in [5.41, 5.74) is 6.74. The van der Waals surface area contributed by atoms with Gasteiger partial charge >= 0.3 is 0 Å². The van der Waals surface area contributed by atoms with Crippen LogP contribution >= 0.6 is 0 Å². The molecule has 4 rings (SSSR count). The number of anilines is 2. The quantitative estimate of drug-likeness (QED) is 0.408. The summed E-state index contributed by atoms with van der Waals surface area (Å²) in [6.45, 7) is 6.01. The van der Waals surface area contributed by atoms with Crippen LogP contribution < -0.4 is 10.1 Å². The summed E-state index contributed by atoms with van der Waals surface area (Å²) in [4.78, 5) is 4.59. The molecule has 0 aliphatic rings. The van der Waals surface area contributed by atoms with Crippen LogP contribution in [0.1, 0.15) is 23.7 Å². The molecular formula is C25H25N5O. The largest absolute Gasteiger partial charge is 0.495 e. The molecular weight excluding hydrogens is 386 g/mol. The summed E-state index contributed by atoms with van der Waals surface area (Å²) in [6.07, 6.45) is 9.88. The molecule has 2 aromatic carbocycles. The van der Waals surface area contributed by atoms with E-state index in [1.165, 1.54) is 0 Å². The lowest BCUT2D eigenvalue weighted by Gasteiger charge is -2.12. The molecule has 6 heteroatoms. The summed E-state index contributed by atoms with van der Waals surface area (Å²) < 4.78 is 7.53. The van der Waals surface area contributed by atoms with E-state index >= 15 is 0 Å². The van der Waals surface area contributed by atoms with Crippen molar-refractivity contribution < 1.29 is 4.74 Å². The van der Waals surface area contributed by atoms with E-state index in [9.17, 15) is 0 Å². The lowest BCUT2D eigenvalue weighted by molar-refractivity contribution is 0.413. The summed E-state index contributed by atoms with van der Waals surface area (Å²) in [7, 11) is 1.67. The number of methoxy groups -OCH3 is 1. The number of aryl methyl sites for hydroxylation is 1. The molecule has 31 heavy (non-hydrogen) atoms. The molecule has 0 saturated carbocycles. The highest BCUT2D eigenvalue weighted by atomic mass is 16.5. The number of fused-ring (bicyclic) bond motifs is 1. The van der Waals surface area contributed by atoms with E-state index in [2.05, 4.69) is 26.6 Å². The Kier molecular flexibility index (Phi) is 5.80. The first-order chi connectivity index (χ1) is 15.1. The molecule has 4 aromatic rings. The number of nitrogens with zero attached hydrogens (tertiary/aromatic N) is 4. The van der Waals surface area contributed by atoms with Gasteiger partial charge in [-0.15, -0.1) is 5.10 Å². The normalized spacial score (nSPS) is 11.6. The molecule has 0 saturated heterocycles. The monoisotopic (exact) mass is 411 g/mol. The molecule has 0 atom stereocenters. The lowest BCUT2D eigenvalue weighted by atomic mass is 10.1. The number of ether oxygens (including phenoxy) is 1. The number of aromatic nitrogens is 4. The molecule has 6 nitrogen and oxygen atoms in total. The maximum absolute atomic E-state index is 5.50. The number of benzene rings is 2. The van der Waals surface area contributed by atoms with Crippen LogP contribution in [0.15, 0.2) is 67.0 Å². The highest BCUT2D eigenvalue weighted by molar-refractivity contribution is 5.83. The van der Waals surface area contributed by atoms with Gasteiger partial charge in [0.05, 0.1) is 29.5 Å². The van der Waals surface area contributed by atoms with Crippen LogP contribution in [0.3, 0.4) is 0 Å². The van der Waals surface area contributed by atoms with Crippen LogP contribution in [0.2, 0.25) is 0 Å². The predicted molar refractivity (Wildman–Crippen MR) is 126 cm³/mol. The van der Waals surface area contributed by atoms with Crippen LogP contribution in [-0.4, -0.2) is 26.9 Å². The summed E-state index contributed by atoms with van der Waals surface area (Å²) in [5, 5.41) is 12.1. The van der Waals surface area contributed by atoms with Crippen molar-refractivity contribution >= 4 is 28.6 Å². The van der Waals surface area contributed by atoms with E-state index in [0.29, 0.717) is 0 Å². The van der Waals surface area contributed by atoms with Gasteiger partial charge in [0, 0.05) is 16.8 Å². The van der Waals surface area contributed by atoms with Crippen LogP contribution in [0.5, 0.6) is 5.75 Å². The van der Waals surface area contributed by atoms with Crippen LogP contribution in [0.4, 0.5) is 11.5 Å². The fourth-order valence-electron chi connectivity index (χ4n) is 3.53. The van der Waals surface area contributed by atoms with E-state index in [0.717, 1.165) is 50.8 Å². The average Bonchev–Trinajstić information content (AvgIpc) is 3.21. The van der Waals surface area contributed by atoms with Gasteiger partial charge in [-0.05, 0) is 51.1 Å². The molecule has 0 unspecified atom stereocenters. The molecule has 2 aromatic heterocycles. The Labute approximate surface area is 181 Å². The number of hydrogen-bond acceptors (Lipinski definition) is 5. The van der Waals surface area contributed by atoms with Crippen molar-refractivity contribution in [2.45, 2.75) is 20.8 Å². The number of allylic oxidation sites excluding steroid dienone is 3. The molecule has 0 radical (unpaired) electrons. The van der Waals surface area contributed by atoms with Gasteiger partial charge in [-0.25, -0.2) is 4.98 Å². The van der Waals surface area contributed by atoms with Gasteiger partial charge in [-0.1, -0.05) is 36.4 Å². The van der Waals surface area contributed by atoms with Crippen molar-refractivity contribution in [1.82, 2.24) is 19.7 Å². The lowest BCUT2D eigenvalue weighted by Crippen LogP contribution is -2.03. The number of nitrogens with one attached hydrogen (secondary N) is 1. The van der Waals surface area contributed by atoms with E-state index in [4.69, 9.17) is 4.74 Å². The van der Waals surface area contributed by atoms with Crippen molar-refractivity contribution in [2.75, 3.05) is 12.4 Å². The molecule has 0 aliphatic carbocycles. The highest BCUT2D eigenvalue weighted by Gasteiger charge is 2.12. The summed E-state index contributed by atoms with van der Waals surface area (Å²) in [5.74, 6) is 1.53. The van der Waals surface area contributed by atoms with E-state index in [-0.39, 0.29) is 0 Å². The standard InChI is InChI=1S/C25H25N5O/c1-5-6-7-10-20-17(2)25(29-28-18(20)3)27-19-13-14-22-21(15-19)26-16-30(22)23-11-8-9-12-24(23)31-4/h5-16H,1-4H3,(H,27,29).